The van der Waals surface area contributed by atoms with E-state index in [1.54, 1.807) is 0 Å². The van der Waals surface area contributed by atoms with Crippen LogP contribution in [0, 0.1) is 0 Å². The summed E-state index contributed by atoms with van der Waals surface area (Å²) in [4.78, 5) is 0. The molecule has 0 unspecified atom stereocenters. The van der Waals surface area contributed by atoms with E-state index in [2.05, 4.69) is 77.8 Å². The molecule has 0 amide bonds. The van der Waals surface area contributed by atoms with Crippen LogP contribution in [0.25, 0.3) is 33.1 Å². The van der Waals surface area contributed by atoms with Gasteiger partial charge in [-0.3, -0.25) is 0 Å². The molecule has 0 spiro atoms. The zero-order chi connectivity index (χ0) is 15.1. The smallest absolute Gasteiger partial charge is 0.148 e. The monoisotopic (exact) mass is 347 g/mol. The number of fused-ring (bicyclic) bond motifs is 3. The van der Waals surface area contributed by atoms with Gasteiger partial charge in [-0.05, 0) is 35.0 Å². The summed E-state index contributed by atoms with van der Waals surface area (Å²) in [5.41, 5.74) is 3.24. The lowest BCUT2D eigenvalue weighted by molar-refractivity contribution is 0.632. The summed E-state index contributed by atoms with van der Waals surface area (Å²) in [5.74, 6) is 0.908. The van der Waals surface area contributed by atoms with Crippen LogP contribution in [0.4, 0.5) is 0 Å². The van der Waals surface area contributed by atoms with Gasteiger partial charge in [-0.15, -0.1) is 0 Å². The predicted octanol–water partition coefficient (Wildman–Crippen LogP) is 5.39. The molecular formula is C19H13BBrO. The maximum Gasteiger partial charge on any atom is 0.148 e. The highest BCUT2D eigenvalue weighted by Crippen LogP contribution is 2.33. The van der Waals surface area contributed by atoms with Gasteiger partial charge in [-0.1, -0.05) is 64.6 Å². The highest BCUT2D eigenvalue weighted by atomic mass is 79.9. The largest absolute Gasteiger partial charge is 0.456 e. The Kier molecular flexibility index (Phi) is 3.31. The number of hydrogen-bond donors (Lipinski definition) is 0. The van der Waals surface area contributed by atoms with E-state index in [1.165, 1.54) is 16.2 Å². The Bertz CT molecular complexity index is 970. The van der Waals surface area contributed by atoms with Gasteiger partial charge in [0.25, 0.3) is 0 Å². The average Bonchev–Trinajstić information content (AvgIpc) is 2.99. The second-order valence-electron chi connectivity index (χ2n) is 5.36. The van der Waals surface area contributed by atoms with Crippen molar-refractivity contribution in [3.63, 3.8) is 0 Å². The molecule has 1 nitrogen and oxygen atoms in total. The van der Waals surface area contributed by atoms with Crippen LogP contribution in [0.5, 0.6) is 0 Å². The van der Waals surface area contributed by atoms with Crippen molar-refractivity contribution in [1.29, 1.82) is 0 Å². The molecule has 0 fully saturated rings. The third-order valence-electron chi connectivity index (χ3n) is 4.01. The summed E-state index contributed by atoms with van der Waals surface area (Å²) in [6.07, 6.45) is 0. The van der Waals surface area contributed by atoms with Crippen molar-refractivity contribution < 1.29 is 4.42 Å². The SMILES string of the molecule is C[B]c1ccc(-c2cc3c(ccc4ccc(Br)cc43)o2)cc1. The van der Waals surface area contributed by atoms with Crippen LogP contribution in [-0.4, -0.2) is 7.28 Å². The van der Waals surface area contributed by atoms with Gasteiger partial charge in [0.2, 0.25) is 0 Å². The van der Waals surface area contributed by atoms with E-state index in [1.807, 2.05) is 12.9 Å². The highest BCUT2D eigenvalue weighted by Gasteiger charge is 2.09. The van der Waals surface area contributed by atoms with Crippen molar-refractivity contribution in [2.24, 2.45) is 0 Å². The van der Waals surface area contributed by atoms with E-state index in [0.29, 0.717) is 0 Å². The van der Waals surface area contributed by atoms with E-state index in [9.17, 15) is 0 Å². The first-order valence-corrected chi connectivity index (χ1v) is 8.05. The molecule has 0 saturated heterocycles. The van der Waals surface area contributed by atoms with Crippen molar-refractivity contribution in [2.75, 3.05) is 0 Å². The Morgan fingerprint density at radius 2 is 1.64 bits per heavy atom. The van der Waals surface area contributed by atoms with Gasteiger partial charge in [0.05, 0.1) is 0 Å². The molecule has 0 aliphatic carbocycles. The summed E-state index contributed by atoms with van der Waals surface area (Å²) in [6.45, 7) is 2.04. The van der Waals surface area contributed by atoms with Gasteiger partial charge >= 0.3 is 0 Å². The van der Waals surface area contributed by atoms with Crippen molar-refractivity contribution in [1.82, 2.24) is 0 Å². The van der Waals surface area contributed by atoms with E-state index in [4.69, 9.17) is 4.42 Å². The molecule has 0 bridgehead atoms. The van der Waals surface area contributed by atoms with Gasteiger partial charge in [0.1, 0.15) is 18.6 Å². The molecule has 22 heavy (non-hydrogen) atoms. The lowest BCUT2D eigenvalue weighted by Crippen LogP contribution is -2.08. The Morgan fingerprint density at radius 1 is 0.864 bits per heavy atom. The zero-order valence-corrected chi connectivity index (χ0v) is 13.7. The minimum atomic E-state index is 0.908. The minimum absolute atomic E-state index is 0.908. The van der Waals surface area contributed by atoms with Gasteiger partial charge < -0.3 is 4.42 Å². The fourth-order valence-corrected chi connectivity index (χ4v) is 3.16. The number of halogens is 1. The molecule has 0 aliphatic rings. The quantitative estimate of drug-likeness (QED) is 0.443. The summed E-state index contributed by atoms with van der Waals surface area (Å²) in [5, 5.41) is 3.58. The van der Waals surface area contributed by atoms with Gasteiger partial charge in [-0.2, -0.15) is 0 Å². The van der Waals surface area contributed by atoms with Gasteiger partial charge in [-0.25, -0.2) is 0 Å². The first kappa shape index (κ1) is 13.7. The number of furan rings is 1. The van der Waals surface area contributed by atoms with Crippen molar-refractivity contribution >= 4 is 50.4 Å². The fraction of sp³-hybridized carbons (Fsp3) is 0.0526. The summed E-state index contributed by atoms with van der Waals surface area (Å²) in [7, 11) is 2.09. The summed E-state index contributed by atoms with van der Waals surface area (Å²) in [6, 6.07) is 21.0. The van der Waals surface area contributed by atoms with Crippen LogP contribution in [0.15, 0.2) is 69.6 Å². The molecule has 1 heterocycles. The molecule has 3 heteroatoms. The molecule has 4 aromatic rings. The standard InChI is InChI=1S/C19H13BBrO/c1-20-14-6-2-13(3-7-14)19-11-17-16-10-15(21)8-4-12(16)5-9-18(17)22-19/h2-11H,1H3. The third-order valence-corrected chi connectivity index (χ3v) is 4.50. The van der Waals surface area contributed by atoms with Crippen LogP contribution >= 0.6 is 15.9 Å². The van der Waals surface area contributed by atoms with Crippen LogP contribution < -0.4 is 5.46 Å². The Morgan fingerprint density at radius 3 is 2.41 bits per heavy atom. The van der Waals surface area contributed by atoms with E-state index in [-0.39, 0.29) is 0 Å². The molecule has 1 aromatic heterocycles. The summed E-state index contributed by atoms with van der Waals surface area (Å²) < 4.78 is 7.13. The normalized spacial score (nSPS) is 11.2. The number of rotatable bonds is 2. The average molecular weight is 348 g/mol. The molecule has 0 atom stereocenters. The lowest BCUT2D eigenvalue weighted by atomic mass is 9.73. The maximum atomic E-state index is 6.05. The van der Waals surface area contributed by atoms with Crippen LogP contribution in [-0.2, 0) is 0 Å². The Labute approximate surface area is 138 Å². The minimum Gasteiger partial charge on any atom is -0.456 e. The van der Waals surface area contributed by atoms with E-state index in [0.717, 1.165) is 26.8 Å². The first-order valence-electron chi connectivity index (χ1n) is 7.26. The fourth-order valence-electron chi connectivity index (χ4n) is 2.79. The zero-order valence-electron chi connectivity index (χ0n) is 12.1. The second kappa shape index (κ2) is 5.33. The molecule has 3 aromatic carbocycles. The number of hydrogen-bond acceptors (Lipinski definition) is 1. The maximum absolute atomic E-state index is 6.05. The first-order chi connectivity index (χ1) is 10.7. The van der Waals surface area contributed by atoms with Crippen LogP contribution in [0.3, 0.4) is 0 Å². The molecule has 4 rings (SSSR count). The Balaban J connectivity index is 1.92. The number of benzene rings is 3. The molecule has 1 radical (unpaired) electrons. The summed E-state index contributed by atoms with van der Waals surface area (Å²) >= 11 is 3.55. The molecule has 105 valence electrons. The lowest BCUT2D eigenvalue weighted by Gasteiger charge is -1.99. The molecular weight excluding hydrogens is 335 g/mol. The third kappa shape index (κ3) is 2.26. The molecule has 0 aliphatic heterocycles. The van der Waals surface area contributed by atoms with E-state index < -0.39 is 0 Å². The Hall–Kier alpha value is -2.00. The predicted molar refractivity (Wildman–Crippen MR) is 98.1 cm³/mol. The van der Waals surface area contributed by atoms with Crippen LogP contribution in [0.2, 0.25) is 6.82 Å². The molecule has 0 saturated carbocycles. The van der Waals surface area contributed by atoms with Crippen molar-refractivity contribution in [3.8, 4) is 11.3 Å². The van der Waals surface area contributed by atoms with Crippen molar-refractivity contribution in [3.05, 3.63) is 65.1 Å². The van der Waals surface area contributed by atoms with E-state index >= 15 is 0 Å². The van der Waals surface area contributed by atoms with Gasteiger partial charge in [0.15, 0.2) is 0 Å². The van der Waals surface area contributed by atoms with Crippen molar-refractivity contribution in [2.45, 2.75) is 6.82 Å². The van der Waals surface area contributed by atoms with Gasteiger partial charge in [0, 0.05) is 15.4 Å². The molecule has 0 N–H and O–H groups in total. The second-order valence-corrected chi connectivity index (χ2v) is 6.28. The highest BCUT2D eigenvalue weighted by molar-refractivity contribution is 9.10. The van der Waals surface area contributed by atoms with Crippen LogP contribution in [0.1, 0.15) is 0 Å². The topological polar surface area (TPSA) is 13.1 Å².